The first kappa shape index (κ1) is 23.1. The minimum Gasteiger partial charge on any atom is -0.451 e. The second-order valence-electron chi connectivity index (χ2n) is 7.77. The molecule has 0 fully saturated rings. The van der Waals surface area contributed by atoms with Crippen LogP contribution in [0.2, 0.25) is 18.1 Å². The van der Waals surface area contributed by atoms with Crippen molar-refractivity contribution in [1.29, 1.82) is 0 Å². The van der Waals surface area contributed by atoms with Crippen LogP contribution in [-0.4, -0.2) is 32.9 Å². The number of halogens is 2. The molecule has 0 radical (unpaired) electrons. The number of ether oxygens (including phenoxy) is 1. The Labute approximate surface area is 161 Å². The largest absolute Gasteiger partial charge is 0.451 e. The van der Waals surface area contributed by atoms with Gasteiger partial charge in [0.1, 0.15) is 0 Å². The van der Waals surface area contributed by atoms with Crippen molar-refractivity contribution in [3.05, 3.63) is 42.0 Å². The Morgan fingerprint density at radius 1 is 1.22 bits per heavy atom. The molecule has 6 heteroatoms. The minimum atomic E-state index is -3.52. The molecule has 0 aliphatic rings. The van der Waals surface area contributed by atoms with Gasteiger partial charge in [-0.2, -0.15) is 8.78 Å². The highest BCUT2D eigenvalue weighted by Crippen LogP contribution is 2.36. The Balaban J connectivity index is 2.88. The highest BCUT2D eigenvalue weighted by molar-refractivity contribution is 6.74. The van der Waals surface area contributed by atoms with Crippen molar-refractivity contribution in [2.75, 3.05) is 6.61 Å². The summed E-state index contributed by atoms with van der Waals surface area (Å²) in [4.78, 5) is 11.2. The molecule has 0 saturated heterocycles. The van der Waals surface area contributed by atoms with Crippen LogP contribution in [0.1, 0.15) is 33.3 Å². The van der Waals surface area contributed by atoms with E-state index in [9.17, 15) is 13.6 Å². The number of hydrogen-bond acceptors (Lipinski definition) is 3. The average Bonchev–Trinajstić information content (AvgIpc) is 2.55. The lowest BCUT2D eigenvalue weighted by Gasteiger charge is -2.35. The van der Waals surface area contributed by atoms with Crippen molar-refractivity contribution >= 4 is 20.4 Å². The van der Waals surface area contributed by atoms with Crippen LogP contribution in [0.25, 0.3) is 6.08 Å². The van der Waals surface area contributed by atoms with Gasteiger partial charge < -0.3 is 9.16 Å². The second kappa shape index (κ2) is 9.29. The standard InChI is InChI=1S/C21H28F2O3Si/c1-17(24)26-19(14-13-18-11-8-7-9-12-18)21(22,23)15-10-16-25-27(5,6)20(2,3)4/h7-9,11-14,19H,16H2,1-6H3/b14-13+/t19-/m0/s1. The van der Waals surface area contributed by atoms with Gasteiger partial charge in [0, 0.05) is 6.92 Å². The van der Waals surface area contributed by atoms with Crippen LogP contribution in [0.5, 0.6) is 0 Å². The van der Waals surface area contributed by atoms with E-state index >= 15 is 0 Å². The van der Waals surface area contributed by atoms with Gasteiger partial charge in [0.05, 0.1) is 6.61 Å². The molecule has 1 atom stereocenters. The molecule has 0 N–H and O–H groups in total. The van der Waals surface area contributed by atoms with E-state index in [2.05, 4.69) is 26.7 Å². The molecule has 0 saturated carbocycles. The number of esters is 1. The van der Waals surface area contributed by atoms with E-state index < -0.39 is 26.3 Å². The van der Waals surface area contributed by atoms with Gasteiger partial charge in [0.25, 0.3) is 0 Å². The summed E-state index contributed by atoms with van der Waals surface area (Å²) in [5.41, 5.74) is 0.722. The third kappa shape index (κ3) is 7.65. The van der Waals surface area contributed by atoms with Crippen LogP contribution < -0.4 is 0 Å². The van der Waals surface area contributed by atoms with Gasteiger partial charge in [-0.15, -0.1) is 0 Å². The van der Waals surface area contributed by atoms with Crippen molar-refractivity contribution in [3.63, 3.8) is 0 Å². The molecule has 148 valence electrons. The first-order valence-electron chi connectivity index (χ1n) is 8.77. The summed E-state index contributed by atoms with van der Waals surface area (Å²) < 4.78 is 39.5. The summed E-state index contributed by atoms with van der Waals surface area (Å²) in [5, 5.41) is -0.0318. The molecule has 1 aromatic rings. The van der Waals surface area contributed by atoms with Gasteiger partial charge in [0.2, 0.25) is 0 Å². The Bertz CT molecular complexity index is 710. The molecule has 0 heterocycles. The van der Waals surface area contributed by atoms with Gasteiger partial charge in [-0.3, -0.25) is 4.79 Å². The van der Waals surface area contributed by atoms with E-state index in [1.165, 1.54) is 6.08 Å². The molecule has 0 aromatic heterocycles. The number of benzene rings is 1. The summed E-state index contributed by atoms with van der Waals surface area (Å²) in [6, 6.07) is 8.92. The zero-order chi connectivity index (χ0) is 20.7. The lowest BCUT2D eigenvalue weighted by molar-refractivity contribution is -0.155. The molecule has 0 unspecified atom stereocenters. The van der Waals surface area contributed by atoms with Crippen LogP contribution in [0, 0.1) is 11.8 Å². The Morgan fingerprint density at radius 3 is 2.33 bits per heavy atom. The maximum Gasteiger partial charge on any atom is 0.347 e. The monoisotopic (exact) mass is 394 g/mol. The summed E-state index contributed by atoms with van der Waals surface area (Å²) in [6.45, 7) is 11.2. The van der Waals surface area contributed by atoms with Crippen molar-refractivity contribution in [3.8, 4) is 11.8 Å². The van der Waals surface area contributed by atoms with Gasteiger partial charge in [-0.1, -0.05) is 63.1 Å². The summed E-state index contributed by atoms with van der Waals surface area (Å²) in [6.07, 6.45) is 0.866. The molecule has 0 bridgehead atoms. The molecule has 0 aliphatic carbocycles. The van der Waals surface area contributed by atoms with E-state index in [1.807, 2.05) is 25.1 Å². The van der Waals surface area contributed by atoms with Crippen molar-refractivity contribution in [2.45, 2.75) is 57.9 Å². The van der Waals surface area contributed by atoms with Crippen LogP contribution in [-0.2, 0) is 14.0 Å². The number of hydrogen-bond donors (Lipinski definition) is 0. The van der Waals surface area contributed by atoms with E-state index in [4.69, 9.17) is 9.16 Å². The third-order valence-electron chi connectivity index (χ3n) is 4.48. The minimum absolute atomic E-state index is 0.0318. The lowest BCUT2D eigenvalue weighted by atomic mass is 10.1. The summed E-state index contributed by atoms with van der Waals surface area (Å²) in [5.74, 6) is -0.0115. The number of carbonyl (C=O) groups is 1. The fraction of sp³-hybridized carbons (Fsp3) is 0.476. The van der Waals surface area contributed by atoms with Crippen LogP contribution in [0.15, 0.2) is 36.4 Å². The second-order valence-corrected chi connectivity index (χ2v) is 12.6. The van der Waals surface area contributed by atoms with E-state index in [0.29, 0.717) is 0 Å². The number of rotatable bonds is 6. The summed E-state index contributed by atoms with van der Waals surface area (Å²) >= 11 is 0. The summed E-state index contributed by atoms with van der Waals surface area (Å²) in [7, 11) is -2.06. The highest BCUT2D eigenvalue weighted by atomic mass is 28.4. The average molecular weight is 395 g/mol. The quantitative estimate of drug-likeness (QED) is 0.373. The topological polar surface area (TPSA) is 35.5 Å². The van der Waals surface area contributed by atoms with Gasteiger partial charge >= 0.3 is 11.9 Å². The Morgan fingerprint density at radius 2 is 1.81 bits per heavy atom. The van der Waals surface area contributed by atoms with Gasteiger partial charge in [-0.25, -0.2) is 0 Å². The molecule has 0 spiro atoms. The fourth-order valence-corrected chi connectivity index (χ4v) is 2.70. The maximum atomic E-state index is 14.5. The SMILES string of the molecule is CC(=O)O[C@@H](/C=C/c1ccccc1)C(F)(F)C#CCO[Si](C)(C)C(C)(C)C. The zero-order valence-corrected chi connectivity index (χ0v) is 17.8. The predicted octanol–water partition coefficient (Wildman–Crippen LogP) is 5.29. The molecular weight excluding hydrogens is 366 g/mol. The smallest absolute Gasteiger partial charge is 0.347 e. The first-order chi connectivity index (χ1) is 12.3. The molecular formula is C21H28F2O3Si. The van der Waals surface area contributed by atoms with E-state index in [0.717, 1.165) is 18.6 Å². The Kier molecular flexibility index (Phi) is 7.94. The zero-order valence-electron chi connectivity index (χ0n) is 16.8. The maximum absolute atomic E-state index is 14.5. The number of alkyl halides is 2. The van der Waals surface area contributed by atoms with Gasteiger partial charge in [0.15, 0.2) is 14.4 Å². The fourth-order valence-electron chi connectivity index (χ4n) is 1.83. The molecule has 0 amide bonds. The molecule has 1 aromatic carbocycles. The van der Waals surface area contributed by atoms with Gasteiger partial charge in [-0.05, 0) is 35.7 Å². The normalized spacial score (nSPS) is 13.8. The van der Waals surface area contributed by atoms with Crippen molar-refractivity contribution in [1.82, 2.24) is 0 Å². The van der Waals surface area contributed by atoms with Crippen molar-refractivity contribution in [2.24, 2.45) is 0 Å². The van der Waals surface area contributed by atoms with E-state index in [1.54, 1.807) is 24.3 Å². The molecule has 3 nitrogen and oxygen atoms in total. The molecule has 27 heavy (non-hydrogen) atoms. The predicted molar refractivity (Wildman–Crippen MR) is 107 cm³/mol. The van der Waals surface area contributed by atoms with Crippen molar-refractivity contribution < 1.29 is 22.7 Å². The molecule has 0 aliphatic heterocycles. The first-order valence-corrected chi connectivity index (χ1v) is 11.7. The van der Waals surface area contributed by atoms with Crippen LogP contribution in [0.3, 0.4) is 0 Å². The van der Waals surface area contributed by atoms with Crippen LogP contribution in [0.4, 0.5) is 8.78 Å². The Hall–Kier alpha value is -1.97. The number of carbonyl (C=O) groups excluding carboxylic acids is 1. The molecule has 1 rings (SSSR count). The lowest BCUT2D eigenvalue weighted by Crippen LogP contribution is -2.41. The highest BCUT2D eigenvalue weighted by Gasteiger charge is 2.39. The van der Waals surface area contributed by atoms with E-state index in [-0.39, 0.29) is 11.6 Å². The third-order valence-corrected chi connectivity index (χ3v) is 8.96. The van der Waals surface area contributed by atoms with Crippen LogP contribution >= 0.6 is 0 Å².